The normalized spacial score (nSPS) is 20.2. The zero-order valence-electron chi connectivity index (χ0n) is 11.6. The molecule has 21 heavy (non-hydrogen) atoms. The fourth-order valence-electron chi connectivity index (χ4n) is 2.54. The van der Waals surface area contributed by atoms with Gasteiger partial charge in [-0.15, -0.1) is 0 Å². The molecule has 2 unspecified atom stereocenters. The molecular formula is C14H15Cl2NO4. The van der Waals surface area contributed by atoms with Gasteiger partial charge in [-0.1, -0.05) is 23.2 Å². The molecule has 114 valence electrons. The summed E-state index contributed by atoms with van der Waals surface area (Å²) < 4.78 is 9.47. The minimum Gasteiger partial charge on any atom is -0.469 e. The fraction of sp³-hybridized carbons (Fsp3) is 0.429. The van der Waals surface area contributed by atoms with E-state index in [1.54, 1.807) is 12.1 Å². The Balaban J connectivity index is 2.40. The van der Waals surface area contributed by atoms with Gasteiger partial charge in [0.1, 0.15) is 6.04 Å². The van der Waals surface area contributed by atoms with E-state index in [1.807, 2.05) is 0 Å². The molecule has 0 aromatic heterocycles. The highest BCUT2D eigenvalue weighted by molar-refractivity contribution is 6.35. The number of methoxy groups -OCH3 is 2. The number of anilines is 1. The molecule has 2 rings (SSSR count). The molecule has 0 aliphatic carbocycles. The number of esters is 2. The lowest BCUT2D eigenvalue weighted by atomic mass is 9.84. The van der Waals surface area contributed by atoms with E-state index in [4.69, 9.17) is 32.7 Å². The number of nitrogens with one attached hydrogen (secondary N) is 1. The molecule has 1 aromatic rings. The summed E-state index contributed by atoms with van der Waals surface area (Å²) in [6.07, 6.45) is 0.538. The second-order valence-corrected chi connectivity index (χ2v) is 5.63. The third-order valence-electron chi connectivity index (χ3n) is 3.48. The lowest BCUT2D eigenvalue weighted by Crippen LogP contribution is -2.36. The van der Waals surface area contributed by atoms with E-state index in [-0.39, 0.29) is 18.3 Å². The van der Waals surface area contributed by atoms with Gasteiger partial charge in [-0.2, -0.15) is 0 Å². The first-order chi connectivity index (χ1) is 9.96. The minimum atomic E-state index is -0.549. The Bertz CT molecular complexity index is 576. The molecule has 0 saturated carbocycles. The highest BCUT2D eigenvalue weighted by Crippen LogP contribution is 2.42. The first kappa shape index (κ1) is 15.9. The van der Waals surface area contributed by atoms with Crippen LogP contribution in [-0.4, -0.2) is 32.2 Å². The van der Waals surface area contributed by atoms with Crippen LogP contribution < -0.4 is 5.32 Å². The van der Waals surface area contributed by atoms with Crippen molar-refractivity contribution in [3.63, 3.8) is 0 Å². The van der Waals surface area contributed by atoms with Gasteiger partial charge in [0.2, 0.25) is 0 Å². The third kappa shape index (κ3) is 3.41. The van der Waals surface area contributed by atoms with Gasteiger partial charge in [-0.05, 0) is 24.1 Å². The Labute approximate surface area is 132 Å². The maximum atomic E-state index is 11.8. The number of fused-ring (bicyclic) bond motifs is 1. The molecule has 2 atom stereocenters. The summed E-state index contributed by atoms with van der Waals surface area (Å²) >= 11 is 12.2. The molecular weight excluding hydrogens is 317 g/mol. The van der Waals surface area contributed by atoms with Gasteiger partial charge in [0.15, 0.2) is 0 Å². The molecule has 1 aromatic carbocycles. The molecule has 1 heterocycles. The van der Waals surface area contributed by atoms with Crippen LogP contribution in [0.5, 0.6) is 0 Å². The van der Waals surface area contributed by atoms with Crippen molar-refractivity contribution in [2.45, 2.75) is 24.8 Å². The maximum Gasteiger partial charge on any atom is 0.328 e. The van der Waals surface area contributed by atoms with Gasteiger partial charge in [0, 0.05) is 21.7 Å². The average Bonchev–Trinajstić information content (AvgIpc) is 2.44. The lowest BCUT2D eigenvalue weighted by Gasteiger charge is -2.32. The number of carbonyl (C=O) groups is 2. The van der Waals surface area contributed by atoms with Crippen molar-refractivity contribution >= 4 is 40.8 Å². The summed E-state index contributed by atoms with van der Waals surface area (Å²) in [5.74, 6) is -0.989. The summed E-state index contributed by atoms with van der Waals surface area (Å²) in [4.78, 5) is 23.4. The zero-order chi connectivity index (χ0) is 15.6. The molecule has 7 heteroatoms. The minimum absolute atomic E-state index is 0.139. The lowest BCUT2D eigenvalue weighted by molar-refractivity contribution is -0.144. The number of hydrogen-bond acceptors (Lipinski definition) is 5. The van der Waals surface area contributed by atoms with Crippen LogP contribution in [-0.2, 0) is 19.1 Å². The van der Waals surface area contributed by atoms with Crippen LogP contribution in [0.2, 0.25) is 10.0 Å². The first-order valence-corrected chi connectivity index (χ1v) is 7.12. The molecule has 0 bridgehead atoms. The topological polar surface area (TPSA) is 64.6 Å². The molecule has 0 spiro atoms. The Morgan fingerprint density at radius 3 is 2.62 bits per heavy atom. The first-order valence-electron chi connectivity index (χ1n) is 6.36. The predicted octanol–water partition coefficient (Wildman–Crippen LogP) is 3.00. The van der Waals surface area contributed by atoms with E-state index < -0.39 is 12.0 Å². The van der Waals surface area contributed by atoms with Gasteiger partial charge < -0.3 is 14.8 Å². The molecule has 0 saturated heterocycles. The van der Waals surface area contributed by atoms with E-state index >= 15 is 0 Å². The van der Waals surface area contributed by atoms with E-state index in [9.17, 15) is 9.59 Å². The van der Waals surface area contributed by atoms with Crippen molar-refractivity contribution in [3.8, 4) is 0 Å². The average molecular weight is 332 g/mol. The van der Waals surface area contributed by atoms with Crippen LogP contribution in [0.25, 0.3) is 0 Å². The van der Waals surface area contributed by atoms with Gasteiger partial charge in [0.25, 0.3) is 0 Å². The van der Waals surface area contributed by atoms with Crippen molar-refractivity contribution in [3.05, 3.63) is 27.7 Å². The fourth-order valence-corrected chi connectivity index (χ4v) is 3.18. The van der Waals surface area contributed by atoms with Crippen LogP contribution in [0.3, 0.4) is 0 Å². The highest BCUT2D eigenvalue weighted by atomic mass is 35.5. The van der Waals surface area contributed by atoms with Crippen LogP contribution in [0.1, 0.15) is 24.3 Å². The molecule has 5 nitrogen and oxygen atoms in total. The van der Waals surface area contributed by atoms with Gasteiger partial charge in [-0.25, -0.2) is 4.79 Å². The second kappa shape index (κ2) is 6.54. The van der Waals surface area contributed by atoms with Crippen molar-refractivity contribution in [2.75, 3.05) is 19.5 Å². The summed E-state index contributed by atoms with van der Waals surface area (Å²) in [5, 5.41) is 3.97. The van der Waals surface area contributed by atoms with Crippen LogP contribution >= 0.6 is 23.2 Å². The summed E-state index contributed by atoms with van der Waals surface area (Å²) in [5.41, 5.74) is 1.41. The van der Waals surface area contributed by atoms with Gasteiger partial charge in [-0.3, -0.25) is 4.79 Å². The molecule has 0 radical (unpaired) electrons. The van der Waals surface area contributed by atoms with Gasteiger partial charge >= 0.3 is 11.9 Å². The number of halogens is 2. The maximum absolute atomic E-state index is 11.8. The van der Waals surface area contributed by atoms with Gasteiger partial charge in [0.05, 0.1) is 20.6 Å². The molecule has 0 amide bonds. The standard InChI is InChI=1S/C14H15Cl2NO4/c1-20-12(18)4-7-3-11(14(19)21-2)17-10-6-8(15)5-9(16)13(7)10/h5-7,11,17H,3-4H2,1-2H3. The van der Waals surface area contributed by atoms with E-state index in [0.717, 1.165) is 5.56 Å². The largest absolute Gasteiger partial charge is 0.469 e. The SMILES string of the molecule is COC(=O)CC1CC(C(=O)OC)Nc2cc(Cl)cc(Cl)c21. The zero-order valence-corrected chi connectivity index (χ0v) is 13.1. The van der Waals surface area contributed by atoms with Crippen LogP contribution in [0.4, 0.5) is 5.69 Å². The molecule has 1 aliphatic heterocycles. The van der Waals surface area contributed by atoms with Crippen molar-refractivity contribution in [1.29, 1.82) is 0 Å². The Morgan fingerprint density at radius 2 is 2.00 bits per heavy atom. The third-order valence-corrected chi connectivity index (χ3v) is 4.01. The Hall–Kier alpha value is -1.46. The number of ether oxygens (including phenoxy) is 2. The predicted molar refractivity (Wildman–Crippen MR) is 79.9 cm³/mol. The number of hydrogen-bond donors (Lipinski definition) is 1. The number of rotatable bonds is 3. The Morgan fingerprint density at radius 1 is 1.29 bits per heavy atom. The smallest absolute Gasteiger partial charge is 0.328 e. The molecule has 0 fully saturated rings. The summed E-state index contributed by atoms with van der Waals surface area (Å²) in [7, 11) is 2.64. The van der Waals surface area contributed by atoms with E-state index in [0.29, 0.717) is 22.2 Å². The second-order valence-electron chi connectivity index (χ2n) is 4.78. The van der Waals surface area contributed by atoms with Crippen LogP contribution in [0.15, 0.2) is 12.1 Å². The van der Waals surface area contributed by atoms with Crippen molar-refractivity contribution in [2.24, 2.45) is 0 Å². The Kier molecular flexibility index (Phi) is 4.96. The highest BCUT2D eigenvalue weighted by Gasteiger charge is 2.34. The monoisotopic (exact) mass is 331 g/mol. The molecule has 1 N–H and O–H groups in total. The number of carbonyl (C=O) groups excluding carboxylic acids is 2. The summed E-state index contributed by atoms with van der Waals surface area (Å²) in [6.45, 7) is 0. The van der Waals surface area contributed by atoms with E-state index in [1.165, 1.54) is 14.2 Å². The quantitative estimate of drug-likeness (QED) is 0.862. The van der Waals surface area contributed by atoms with Crippen molar-refractivity contribution < 1.29 is 19.1 Å². The number of benzene rings is 1. The molecule has 1 aliphatic rings. The van der Waals surface area contributed by atoms with Crippen molar-refractivity contribution in [1.82, 2.24) is 0 Å². The van der Waals surface area contributed by atoms with Crippen LogP contribution in [0, 0.1) is 0 Å². The summed E-state index contributed by atoms with van der Waals surface area (Å²) in [6, 6.07) is 2.75. The van der Waals surface area contributed by atoms with E-state index in [2.05, 4.69) is 5.32 Å².